The molecule has 1 fully saturated rings. The monoisotopic (exact) mass is 636 g/mol. The maximum Gasteiger partial charge on any atom is 0.309 e. The zero-order valence-electron chi connectivity index (χ0n) is 26.0. The van der Waals surface area contributed by atoms with Gasteiger partial charge in [-0.25, -0.2) is 0 Å². The van der Waals surface area contributed by atoms with Gasteiger partial charge < -0.3 is 29.4 Å². The van der Waals surface area contributed by atoms with Crippen LogP contribution in [0.1, 0.15) is 54.5 Å². The molecule has 0 radical (unpaired) electrons. The molecule has 3 atom stereocenters. The molecule has 2 aliphatic rings. The van der Waals surface area contributed by atoms with Crippen LogP contribution in [0.15, 0.2) is 54.6 Å². The quantitative estimate of drug-likeness (QED) is 0.216. The third-order valence-corrected chi connectivity index (χ3v) is 8.72. The standard InChI is InChI=1S/C35H41ClN2O7/c1-4-22-17-26(36)18-23(5-2)33(22)37-31(39)21-38-20-28(25-9-12-29-30(19-25)45-16-15-44-29)32(35(40)41)34(38)24-7-10-27(11-8-24)43-14-6-13-42-3/h7-12,17-19,28,32,34H,4-6,13-16,20-21H2,1-3H3,(H,37,39)(H,40,41)/t28-,32?,34+/m1/s1. The number of nitrogens with one attached hydrogen (secondary N) is 1. The molecule has 3 aromatic rings. The summed E-state index contributed by atoms with van der Waals surface area (Å²) in [5.41, 5.74) is 4.33. The van der Waals surface area contributed by atoms with Gasteiger partial charge in [0.2, 0.25) is 5.91 Å². The third-order valence-electron chi connectivity index (χ3n) is 8.50. The minimum Gasteiger partial charge on any atom is -0.494 e. The van der Waals surface area contributed by atoms with E-state index in [-0.39, 0.29) is 12.5 Å². The molecule has 0 bridgehead atoms. The number of halogens is 1. The van der Waals surface area contributed by atoms with E-state index in [4.69, 9.17) is 30.5 Å². The van der Waals surface area contributed by atoms with E-state index >= 15 is 0 Å². The average Bonchev–Trinajstić information content (AvgIpc) is 3.42. The molecule has 0 aromatic heterocycles. The van der Waals surface area contributed by atoms with Crippen LogP contribution in [0.2, 0.25) is 5.02 Å². The SMILES string of the molecule is CCc1cc(Cl)cc(CC)c1NC(=O)CN1C[C@H](c2ccc3c(c2)OCCO3)C(C(=O)O)[C@@H]1c1ccc(OCCCOC)cc1. The zero-order valence-corrected chi connectivity index (χ0v) is 26.8. The lowest BCUT2D eigenvalue weighted by atomic mass is 9.82. The number of carboxylic acids is 1. The first-order chi connectivity index (χ1) is 21.8. The highest BCUT2D eigenvalue weighted by Gasteiger charge is 2.48. The Morgan fingerprint density at radius 3 is 2.27 bits per heavy atom. The average molecular weight is 637 g/mol. The van der Waals surface area contributed by atoms with Gasteiger partial charge in [-0.3, -0.25) is 14.5 Å². The summed E-state index contributed by atoms with van der Waals surface area (Å²) in [5, 5.41) is 14.4. The van der Waals surface area contributed by atoms with Crippen LogP contribution in [0, 0.1) is 5.92 Å². The summed E-state index contributed by atoms with van der Waals surface area (Å²) in [6.45, 7) is 6.45. The molecule has 3 aromatic carbocycles. The van der Waals surface area contributed by atoms with E-state index in [0.717, 1.165) is 34.4 Å². The van der Waals surface area contributed by atoms with Gasteiger partial charge in [-0.15, -0.1) is 0 Å². The van der Waals surface area contributed by atoms with Crippen LogP contribution in [-0.4, -0.2) is 68.5 Å². The van der Waals surface area contributed by atoms with Gasteiger partial charge in [0.05, 0.1) is 19.1 Å². The number of fused-ring (bicyclic) bond motifs is 1. The lowest BCUT2D eigenvalue weighted by Crippen LogP contribution is -2.35. The molecule has 1 amide bonds. The van der Waals surface area contributed by atoms with E-state index in [9.17, 15) is 14.7 Å². The second-order valence-corrected chi connectivity index (χ2v) is 11.8. The molecule has 0 aliphatic carbocycles. The Kier molecular flexibility index (Phi) is 10.9. The molecule has 1 saturated heterocycles. The van der Waals surface area contributed by atoms with Crippen molar-refractivity contribution >= 4 is 29.2 Å². The number of ether oxygens (including phenoxy) is 4. The van der Waals surface area contributed by atoms with Crippen LogP contribution in [0.3, 0.4) is 0 Å². The van der Waals surface area contributed by atoms with Crippen LogP contribution in [-0.2, 0) is 27.2 Å². The second kappa shape index (κ2) is 15.0. The van der Waals surface area contributed by atoms with E-state index < -0.39 is 23.8 Å². The van der Waals surface area contributed by atoms with Gasteiger partial charge >= 0.3 is 5.97 Å². The fraction of sp³-hybridized carbons (Fsp3) is 0.429. The minimum absolute atomic E-state index is 0.0136. The summed E-state index contributed by atoms with van der Waals surface area (Å²) in [4.78, 5) is 28.7. The number of benzene rings is 3. The molecular formula is C35H41ClN2O7. The molecule has 0 saturated carbocycles. The van der Waals surface area contributed by atoms with Crippen molar-refractivity contribution in [1.29, 1.82) is 0 Å². The van der Waals surface area contributed by atoms with Gasteiger partial charge in [0.1, 0.15) is 19.0 Å². The topological polar surface area (TPSA) is 107 Å². The summed E-state index contributed by atoms with van der Waals surface area (Å²) >= 11 is 6.35. The fourth-order valence-corrected chi connectivity index (χ4v) is 6.64. The molecule has 45 heavy (non-hydrogen) atoms. The van der Waals surface area contributed by atoms with Crippen LogP contribution >= 0.6 is 11.6 Å². The fourth-order valence-electron chi connectivity index (χ4n) is 6.38. The molecule has 9 nitrogen and oxygen atoms in total. The Bertz CT molecular complexity index is 1470. The van der Waals surface area contributed by atoms with Crippen LogP contribution < -0.4 is 19.5 Å². The molecule has 0 spiro atoms. The molecule has 10 heteroatoms. The van der Waals surface area contributed by atoms with Crippen molar-refractivity contribution in [3.05, 3.63) is 81.9 Å². The van der Waals surface area contributed by atoms with Crippen molar-refractivity contribution in [2.75, 3.05) is 51.9 Å². The molecule has 1 unspecified atom stereocenters. The second-order valence-electron chi connectivity index (χ2n) is 11.4. The molecular weight excluding hydrogens is 596 g/mol. The van der Waals surface area contributed by atoms with Gasteiger partial charge in [-0.05, 0) is 71.5 Å². The van der Waals surface area contributed by atoms with Crippen molar-refractivity contribution in [2.45, 2.75) is 45.1 Å². The van der Waals surface area contributed by atoms with Crippen molar-refractivity contribution < 1.29 is 33.6 Å². The number of methoxy groups -OCH3 is 1. The Morgan fingerprint density at radius 1 is 0.956 bits per heavy atom. The number of hydrogen-bond donors (Lipinski definition) is 2. The van der Waals surface area contributed by atoms with E-state index in [1.807, 2.05) is 73.3 Å². The predicted molar refractivity (Wildman–Crippen MR) is 173 cm³/mol. The minimum atomic E-state index is -0.929. The number of amides is 1. The summed E-state index contributed by atoms with van der Waals surface area (Å²) in [5.74, 6) is -0.415. The number of rotatable bonds is 13. The number of likely N-dealkylation sites (tertiary alicyclic amines) is 1. The maximum absolute atomic E-state index is 13.7. The number of aryl methyl sites for hydroxylation is 2. The van der Waals surface area contributed by atoms with Crippen LogP contribution in [0.25, 0.3) is 0 Å². The molecule has 2 N–H and O–H groups in total. The first kappa shape index (κ1) is 32.6. The van der Waals surface area contributed by atoms with Crippen molar-refractivity contribution in [3.63, 3.8) is 0 Å². The summed E-state index contributed by atoms with van der Waals surface area (Å²) in [6.07, 6.45) is 2.18. The van der Waals surface area contributed by atoms with Gasteiger partial charge in [-0.1, -0.05) is 43.6 Å². The normalized spacial score (nSPS) is 19.3. The zero-order chi connectivity index (χ0) is 31.9. The largest absolute Gasteiger partial charge is 0.494 e. The van der Waals surface area contributed by atoms with Gasteiger partial charge in [0, 0.05) is 49.4 Å². The number of carboxylic acid groups (broad SMARTS) is 1. The van der Waals surface area contributed by atoms with Gasteiger partial charge in [0.15, 0.2) is 11.5 Å². The van der Waals surface area contributed by atoms with Crippen molar-refractivity contribution in [1.82, 2.24) is 4.90 Å². The summed E-state index contributed by atoms with van der Waals surface area (Å²) in [7, 11) is 1.65. The predicted octanol–water partition coefficient (Wildman–Crippen LogP) is 6.13. The van der Waals surface area contributed by atoms with Crippen LogP contribution in [0.4, 0.5) is 5.69 Å². The van der Waals surface area contributed by atoms with Crippen LogP contribution in [0.5, 0.6) is 17.2 Å². The Hall–Kier alpha value is -3.79. The number of nitrogens with zero attached hydrogens (tertiary/aromatic N) is 1. The van der Waals surface area contributed by atoms with Gasteiger partial charge in [-0.2, -0.15) is 0 Å². The first-order valence-electron chi connectivity index (χ1n) is 15.5. The highest BCUT2D eigenvalue weighted by atomic mass is 35.5. The van der Waals surface area contributed by atoms with E-state index in [0.29, 0.717) is 68.1 Å². The Morgan fingerprint density at radius 2 is 1.62 bits per heavy atom. The highest BCUT2D eigenvalue weighted by molar-refractivity contribution is 6.30. The molecule has 2 aliphatic heterocycles. The summed E-state index contributed by atoms with van der Waals surface area (Å²) < 4.78 is 22.5. The summed E-state index contributed by atoms with van der Waals surface area (Å²) in [6, 6.07) is 16.3. The lowest BCUT2D eigenvalue weighted by molar-refractivity contribution is -0.143. The maximum atomic E-state index is 13.7. The molecule has 240 valence electrons. The first-order valence-corrected chi connectivity index (χ1v) is 15.9. The number of anilines is 1. The molecule has 2 heterocycles. The van der Waals surface area contributed by atoms with E-state index in [1.54, 1.807) is 7.11 Å². The molecule has 5 rings (SSSR count). The van der Waals surface area contributed by atoms with E-state index in [1.165, 1.54) is 0 Å². The Balaban J connectivity index is 1.45. The van der Waals surface area contributed by atoms with Crippen molar-refractivity contribution in [2.24, 2.45) is 5.92 Å². The number of aliphatic carboxylic acids is 1. The number of hydrogen-bond acceptors (Lipinski definition) is 7. The highest BCUT2D eigenvalue weighted by Crippen LogP contribution is 2.47. The number of carbonyl (C=O) groups excluding carboxylic acids is 1. The van der Waals surface area contributed by atoms with E-state index in [2.05, 4.69) is 5.32 Å². The van der Waals surface area contributed by atoms with Crippen molar-refractivity contribution in [3.8, 4) is 17.2 Å². The third kappa shape index (κ3) is 7.54. The number of carbonyl (C=O) groups is 2. The van der Waals surface area contributed by atoms with Gasteiger partial charge in [0.25, 0.3) is 0 Å². The lowest BCUT2D eigenvalue weighted by Gasteiger charge is -2.27. The smallest absolute Gasteiger partial charge is 0.309 e. The Labute approximate surface area is 269 Å².